The third kappa shape index (κ3) is 37.7. The molecule has 0 bridgehead atoms. The van der Waals surface area contributed by atoms with E-state index in [1.165, 1.54) is 64.2 Å². The van der Waals surface area contributed by atoms with Crippen molar-refractivity contribution in [1.82, 2.24) is 0 Å². The van der Waals surface area contributed by atoms with Crippen LogP contribution in [0.2, 0.25) is 0 Å². The molecule has 0 aromatic rings. The monoisotopic (exact) mass is 726 g/mol. The van der Waals surface area contributed by atoms with Crippen LogP contribution < -0.4 is 4.89 Å². The van der Waals surface area contributed by atoms with Crippen LogP contribution in [0.15, 0.2) is 48.6 Å². The second-order valence-corrected chi connectivity index (χ2v) is 15.7. The molecule has 9 heteroatoms. The molecule has 0 aliphatic carbocycles. The SMILES string of the molecule is CC/C=C\C/C=C\C/C=C\C/C=C\CCCCCCCCCCC(=O)OC(COCCCCCCCCC)COP(=O)([O-])OCC[N+](C)(C)C. The van der Waals surface area contributed by atoms with Crippen LogP contribution in [0.4, 0.5) is 0 Å². The van der Waals surface area contributed by atoms with Gasteiger partial charge in [0.15, 0.2) is 0 Å². The summed E-state index contributed by atoms with van der Waals surface area (Å²) in [5.74, 6) is -0.347. The fourth-order valence-electron chi connectivity index (χ4n) is 5.06. The molecule has 0 aliphatic rings. The van der Waals surface area contributed by atoms with Crippen molar-refractivity contribution in [1.29, 1.82) is 0 Å². The van der Waals surface area contributed by atoms with Crippen molar-refractivity contribution in [3.8, 4) is 0 Å². The predicted octanol–water partition coefficient (Wildman–Crippen LogP) is 10.6. The Hall–Kier alpha value is -1.54. The van der Waals surface area contributed by atoms with Crippen LogP contribution in [-0.2, 0) is 27.9 Å². The molecule has 0 N–H and O–H groups in total. The van der Waals surface area contributed by atoms with Crippen molar-refractivity contribution in [2.75, 3.05) is 54.1 Å². The Bertz CT molecular complexity index is 942. The number of carbonyl (C=O) groups excluding carboxylic acids is 1. The zero-order chi connectivity index (χ0) is 37.0. The summed E-state index contributed by atoms with van der Waals surface area (Å²) in [7, 11) is 1.34. The molecule has 0 fully saturated rings. The van der Waals surface area contributed by atoms with Gasteiger partial charge in [0.25, 0.3) is 7.82 Å². The Morgan fingerprint density at radius 3 is 1.74 bits per heavy atom. The zero-order valence-corrected chi connectivity index (χ0v) is 33.7. The number of nitrogens with zero attached hydrogens (tertiary/aromatic N) is 1. The van der Waals surface area contributed by atoms with E-state index in [0.717, 1.165) is 64.2 Å². The zero-order valence-electron chi connectivity index (χ0n) is 32.8. The first-order chi connectivity index (χ1) is 24.1. The maximum atomic E-state index is 12.6. The number of allylic oxidation sites excluding steroid dienone is 8. The number of hydrogen-bond acceptors (Lipinski definition) is 7. The van der Waals surface area contributed by atoms with E-state index in [2.05, 4.69) is 62.5 Å². The summed E-state index contributed by atoms with van der Waals surface area (Å²) in [4.78, 5) is 24.9. The number of phosphoric acid groups is 1. The molecule has 50 heavy (non-hydrogen) atoms. The van der Waals surface area contributed by atoms with E-state index >= 15 is 0 Å². The fraction of sp³-hybridized carbons (Fsp3) is 0.780. The molecule has 2 unspecified atom stereocenters. The molecule has 2 atom stereocenters. The van der Waals surface area contributed by atoms with Crippen LogP contribution >= 0.6 is 7.82 Å². The molecular formula is C41H76NO7P. The highest BCUT2D eigenvalue weighted by Crippen LogP contribution is 2.38. The van der Waals surface area contributed by atoms with Crippen molar-refractivity contribution in [3.05, 3.63) is 48.6 Å². The number of esters is 1. The quantitative estimate of drug-likeness (QED) is 0.0209. The van der Waals surface area contributed by atoms with Crippen molar-refractivity contribution < 1.29 is 37.3 Å². The molecule has 0 heterocycles. The Labute approximate surface area is 308 Å². The smallest absolute Gasteiger partial charge is 0.306 e. The van der Waals surface area contributed by atoms with Gasteiger partial charge in [0.2, 0.25) is 0 Å². The number of quaternary nitrogens is 1. The van der Waals surface area contributed by atoms with Gasteiger partial charge in [-0.1, -0.05) is 140 Å². The van der Waals surface area contributed by atoms with Gasteiger partial charge in [-0.2, -0.15) is 0 Å². The highest BCUT2D eigenvalue weighted by molar-refractivity contribution is 7.45. The van der Waals surface area contributed by atoms with Gasteiger partial charge in [0.05, 0.1) is 34.4 Å². The summed E-state index contributed by atoms with van der Waals surface area (Å²) in [6, 6.07) is 0. The van der Waals surface area contributed by atoms with Gasteiger partial charge in [-0.15, -0.1) is 0 Å². The lowest BCUT2D eigenvalue weighted by atomic mass is 10.1. The standard InChI is InChI=1S/C41H76NO7P/c1-6-8-10-12-14-15-16-17-18-19-20-21-22-23-24-25-26-27-28-30-32-34-41(43)49-40(38-46-36-33-31-29-13-11-9-7-2)39-48-50(44,45)47-37-35-42(3,4)5/h8,10,14-15,17-18,20-21,40H,6-7,9,11-13,16,19,22-39H2,1-5H3/b10-8-,15-14-,18-17-,21-20-. The lowest BCUT2D eigenvalue weighted by Crippen LogP contribution is -2.37. The van der Waals surface area contributed by atoms with Crippen LogP contribution in [0, 0.1) is 0 Å². The first kappa shape index (κ1) is 48.5. The minimum Gasteiger partial charge on any atom is -0.756 e. The van der Waals surface area contributed by atoms with Gasteiger partial charge in [-0.25, -0.2) is 0 Å². The van der Waals surface area contributed by atoms with Crippen molar-refractivity contribution >= 4 is 13.8 Å². The number of phosphoric ester groups is 1. The Balaban J connectivity index is 4.16. The van der Waals surface area contributed by atoms with Gasteiger partial charge < -0.3 is 27.9 Å². The molecule has 0 saturated heterocycles. The molecule has 0 amide bonds. The molecule has 0 saturated carbocycles. The predicted molar refractivity (Wildman–Crippen MR) is 208 cm³/mol. The first-order valence-electron chi connectivity index (χ1n) is 19.9. The number of carbonyl (C=O) groups is 1. The van der Waals surface area contributed by atoms with Gasteiger partial charge >= 0.3 is 5.97 Å². The van der Waals surface area contributed by atoms with E-state index in [-0.39, 0.29) is 25.8 Å². The van der Waals surface area contributed by atoms with Crippen LogP contribution in [0.1, 0.15) is 149 Å². The summed E-state index contributed by atoms with van der Waals surface area (Å²) < 4.78 is 34.3. The van der Waals surface area contributed by atoms with E-state index in [9.17, 15) is 14.3 Å². The normalized spacial score (nSPS) is 14.4. The molecule has 0 spiro atoms. The van der Waals surface area contributed by atoms with Crippen molar-refractivity contribution in [2.45, 2.75) is 155 Å². The first-order valence-corrected chi connectivity index (χ1v) is 21.3. The largest absolute Gasteiger partial charge is 0.756 e. The second kappa shape index (κ2) is 34.5. The average Bonchev–Trinajstić information content (AvgIpc) is 3.06. The molecule has 292 valence electrons. The maximum Gasteiger partial charge on any atom is 0.306 e. The summed E-state index contributed by atoms with van der Waals surface area (Å²) in [5.41, 5.74) is 0. The summed E-state index contributed by atoms with van der Waals surface area (Å²) in [6.45, 7) is 5.24. The van der Waals surface area contributed by atoms with Gasteiger partial charge in [-0.3, -0.25) is 9.36 Å². The number of hydrogen-bond donors (Lipinski definition) is 0. The third-order valence-electron chi connectivity index (χ3n) is 8.14. The second-order valence-electron chi connectivity index (χ2n) is 14.3. The minimum absolute atomic E-state index is 0.0233. The molecule has 0 aromatic carbocycles. The number of ether oxygens (including phenoxy) is 2. The Morgan fingerprint density at radius 1 is 0.640 bits per heavy atom. The average molecular weight is 726 g/mol. The van der Waals surface area contributed by atoms with E-state index in [1.54, 1.807) is 0 Å². The van der Waals surface area contributed by atoms with E-state index in [1.807, 2.05) is 21.1 Å². The molecular weight excluding hydrogens is 649 g/mol. The Morgan fingerprint density at radius 2 is 1.16 bits per heavy atom. The summed E-state index contributed by atoms with van der Waals surface area (Å²) in [6.07, 6.45) is 39.9. The van der Waals surface area contributed by atoms with Gasteiger partial charge in [0.1, 0.15) is 19.3 Å². The molecule has 0 rings (SSSR count). The highest BCUT2D eigenvalue weighted by Gasteiger charge is 2.20. The fourth-order valence-corrected chi connectivity index (χ4v) is 5.79. The van der Waals surface area contributed by atoms with Gasteiger partial charge in [0, 0.05) is 13.0 Å². The maximum absolute atomic E-state index is 12.6. The van der Waals surface area contributed by atoms with Gasteiger partial charge in [-0.05, 0) is 51.4 Å². The van der Waals surface area contributed by atoms with E-state index in [4.69, 9.17) is 18.5 Å². The molecule has 0 aromatic heterocycles. The van der Waals surface area contributed by atoms with Crippen molar-refractivity contribution in [2.24, 2.45) is 0 Å². The Kier molecular flexibility index (Phi) is 33.5. The van der Waals surface area contributed by atoms with Crippen LogP contribution in [-0.4, -0.2) is 70.7 Å². The lowest BCUT2D eigenvalue weighted by molar-refractivity contribution is -0.870. The van der Waals surface area contributed by atoms with Crippen molar-refractivity contribution in [3.63, 3.8) is 0 Å². The summed E-state index contributed by atoms with van der Waals surface area (Å²) in [5, 5.41) is 0. The lowest BCUT2D eigenvalue weighted by Gasteiger charge is -2.28. The van der Waals surface area contributed by atoms with E-state index < -0.39 is 13.9 Å². The third-order valence-corrected chi connectivity index (χ3v) is 9.11. The topological polar surface area (TPSA) is 94.1 Å². The summed E-state index contributed by atoms with van der Waals surface area (Å²) >= 11 is 0. The minimum atomic E-state index is -4.51. The number of unbranched alkanes of at least 4 members (excludes halogenated alkanes) is 14. The van der Waals surface area contributed by atoms with Crippen LogP contribution in [0.5, 0.6) is 0 Å². The molecule has 0 radical (unpaired) electrons. The van der Waals surface area contributed by atoms with E-state index in [0.29, 0.717) is 24.1 Å². The molecule has 8 nitrogen and oxygen atoms in total. The van der Waals surface area contributed by atoms with Crippen LogP contribution in [0.3, 0.4) is 0 Å². The van der Waals surface area contributed by atoms with Crippen LogP contribution in [0.25, 0.3) is 0 Å². The number of likely N-dealkylation sites (N-methyl/N-ethyl adjacent to an activating group) is 1. The number of rotatable bonds is 36. The highest BCUT2D eigenvalue weighted by atomic mass is 31.2. The molecule has 0 aliphatic heterocycles.